The summed E-state index contributed by atoms with van der Waals surface area (Å²) in [6.07, 6.45) is 0.210. The van der Waals surface area contributed by atoms with Gasteiger partial charge in [-0.2, -0.15) is 5.26 Å². The Morgan fingerprint density at radius 3 is 2.67 bits per heavy atom. The van der Waals surface area contributed by atoms with E-state index < -0.39 is 18.5 Å². The number of esters is 1. The molecule has 0 spiro atoms. The quantitative estimate of drug-likeness (QED) is 0.665. The number of carbonyl (C=O) groups excluding carboxylic acids is 2. The summed E-state index contributed by atoms with van der Waals surface area (Å²) in [5.74, 6) is -0.470. The molecule has 0 aliphatic carbocycles. The molecule has 7 nitrogen and oxygen atoms in total. The molecule has 24 heavy (non-hydrogen) atoms. The van der Waals surface area contributed by atoms with E-state index in [4.69, 9.17) is 31.1 Å². The minimum absolute atomic E-state index is 0.146. The van der Waals surface area contributed by atoms with Gasteiger partial charge < -0.3 is 19.1 Å². The maximum atomic E-state index is 12.1. The monoisotopic (exact) mass is 354 g/mol. The minimum atomic E-state index is -0.708. The molecule has 1 aromatic rings. The van der Waals surface area contributed by atoms with Crippen molar-refractivity contribution in [3.8, 4) is 17.6 Å². The third-order valence-electron chi connectivity index (χ3n) is 3.07. The van der Waals surface area contributed by atoms with Crippen molar-refractivity contribution in [2.45, 2.75) is 13.3 Å². The van der Waals surface area contributed by atoms with Crippen molar-refractivity contribution in [3.05, 3.63) is 22.7 Å². The highest BCUT2D eigenvalue weighted by molar-refractivity contribution is 6.32. The Kier molecular flexibility index (Phi) is 7.86. The Balaban J connectivity index is 2.76. The molecule has 0 unspecified atom stereocenters. The Labute approximate surface area is 145 Å². The van der Waals surface area contributed by atoms with Crippen molar-refractivity contribution < 1.29 is 23.8 Å². The molecule has 0 bridgehead atoms. The van der Waals surface area contributed by atoms with Crippen molar-refractivity contribution in [1.29, 1.82) is 5.26 Å². The van der Waals surface area contributed by atoms with Crippen LogP contribution in [0.2, 0.25) is 5.02 Å². The summed E-state index contributed by atoms with van der Waals surface area (Å²) in [6, 6.07) is 4.76. The van der Waals surface area contributed by atoms with Crippen molar-refractivity contribution in [2.75, 3.05) is 33.9 Å². The first kappa shape index (κ1) is 19.6. The van der Waals surface area contributed by atoms with Gasteiger partial charge in [0.1, 0.15) is 0 Å². The summed E-state index contributed by atoms with van der Waals surface area (Å²) in [6.45, 7) is 2.04. The van der Waals surface area contributed by atoms with E-state index in [1.807, 2.05) is 6.07 Å². The van der Waals surface area contributed by atoms with Crippen molar-refractivity contribution in [3.63, 3.8) is 0 Å². The highest BCUT2D eigenvalue weighted by Crippen LogP contribution is 2.36. The van der Waals surface area contributed by atoms with E-state index in [2.05, 4.69) is 0 Å². The van der Waals surface area contributed by atoms with Crippen LogP contribution in [0.5, 0.6) is 11.5 Å². The number of hydrogen-bond donors (Lipinski definition) is 0. The molecule has 0 heterocycles. The first-order chi connectivity index (χ1) is 11.4. The highest BCUT2D eigenvalue weighted by Gasteiger charge is 2.18. The number of amides is 1. The van der Waals surface area contributed by atoms with Gasteiger partial charge in [0.05, 0.1) is 36.8 Å². The Morgan fingerprint density at radius 2 is 2.08 bits per heavy atom. The zero-order chi connectivity index (χ0) is 18.1. The molecule has 0 saturated carbocycles. The second-order valence-corrected chi connectivity index (χ2v) is 5.13. The molecule has 0 aromatic heterocycles. The van der Waals surface area contributed by atoms with E-state index in [9.17, 15) is 9.59 Å². The number of carbonyl (C=O) groups is 2. The van der Waals surface area contributed by atoms with Gasteiger partial charge in [-0.3, -0.25) is 4.79 Å². The maximum absolute atomic E-state index is 12.1. The van der Waals surface area contributed by atoms with Gasteiger partial charge in [0.25, 0.3) is 5.91 Å². The summed E-state index contributed by atoms with van der Waals surface area (Å²) in [4.78, 5) is 25.2. The van der Waals surface area contributed by atoms with Crippen molar-refractivity contribution >= 4 is 23.5 Å². The third kappa shape index (κ3) is 5.32. The second-order valence-electron chi connectivity index (χ2n) is 4.72. The number of rotatable bonds is 8. The number of methoxy groups -OCH3 is 1. The fourth-order valence-electron chi connectivity index (χ4n) is 1.79. The van der Waals surface area contributed by atoms with Gasteiger partial charge in [-0.15, -0.1) is 0 Å². The summed E-state index contributed by atoms with van der Waals surface area (Å²) < 4.78 is 15.5. The van der Waals surface area contributed by atoms with Gasteiger partial charge in [-0.05, 0) is 19.1 Å². The zero-order valence-corrected chi connectivity index (χ0v) is 14.6. The molecule has 1 amide bonds. The maximum Gasteiger partial charge on any atom is 0.338 e. The summed E-state index contributed by atoms with van der Waals surface area (Å²) in [5.41, 5.74) is 0.146. The molecule has 1 aromatic carbocycles. The lowest BCUT2D eigenvalue weighted by atomic mass is 10.2. The number of nitriles is 1. The summed E-state index contributed by atoms with van der Waals surface area (Å²) in [7, 11) is 2.96. The summed E-state index contributed by atoms with van der Waals surface area (Å²) >= 11 is 6.09. The van der Waals surface area contributed by atoms with E-state index in [0.717, 1.165) is 0 Å². The molecular weight excluding hydrogens is 336 g/mol. The molecule has 0 aliphatic heterocycles. The second kappa shape index (κ2) is 9.63. The average Bonchev–Trinajstić information content (AvgIpc) is 2.58. The van der Waals surface area contributed by atoms with Crippen LogP contribution in [0.1, 0.15) is 23.7 Å². The number of nitrogens with zero attached hydrogens (tertiary/aromatic N) is 2. The van der Waals surface area contributed by atoms with Crippen LogP contribution < -0.4 is 9.47 Å². The van der Waals surface area contributed by atoms with Crippen LogP contribution in [-0.2, 0) is 9.53 Å². The molecule has 0 aliphatic rings. The molecule has 8 heteroatoms. The summed E-state index contributed by atoms with van der Waals surface area (Å²) in [5, 5.41) is 8.70. The molecule has 0 fully saturated rings. The SMILES string of the molecule is CCOc1c(Cl)cc(C(=O)OCC(=O)N(C)CCC#N)cc1OC. The Bertz CT molecular complexity index is 642. The predicted octanol–water partition coefficient (Wildman–Crippen LogP) is 2.28. The minimum Gasteiger partial charge on any atom is -0.493 e. The van der Waals surface area contributed by atoms with Crippen LogP contribution in [0.25, 0.3) is 0 Å². The van der Waals surface area contributed by atoms with Gasteiger partial charge >= 0.3 is 5.97 Å². The Hall–Kier alpha value is -2.46. The largest absolute Gasteiger partial charge is 0.493 e. The first-order valence-electron chi connectivity index (χ1n) is 7.22. The molecule has 1 rings (SSSR count). The van der Waals surface area contributed by atoms with Crippen LogP contribution in [0.15, 0.2) is 12.1 Å². The van der Waals surface area contributed by atoms with Crippen molar-refractivity contribution in [2.24, 2.45) is 0 Å². The molecule has 0 N–H and O–H groups in total. The molecule has 0 radical (unpaired) electrons. The molecule has 130 valence electrons. The highest BCUT2D eigenvalue weighted by atomic mass is 35.5. The van der Waals surface area contributed by atoms with E-state index in [-0.39, 0.29) is 23.6 Å². The van der Waals surface area contributed by atoms with Crippen LogP contribution in [-0.4, -0.2) is 50.7 Å². The van der Waals surface area contributed by atoms with Crippen molar-refractivity contribution in [1.82, 2.24) is 4.90 Å². The van der Waals surface area contributed by atoms with Gasteiger partial charge in [0, 0.05) is 13.6 Å². The fourth-order valence-corrected chi connectivity index (χ4v) is 2.05. The van der Waals surface area contributed by atoms with Crippen LogP contribution in [0, 0.1) is 11.3 Å². The zero-order valence-electron chi connectivity index (χ0n) is 13.8. The van der Waals surface area contributed by atoms with Gasteiger partial charge in [0.2, 0.25) is 0 Å². The fraction of sp³-hybridized carbons (Fsp3) is 0.438. The van der Waals surface area contributed by atoms with E-state index in [1.165, 1.54) is 31.2 Å². The molecular formula is C16H19ClN2O5. The normalized spacial score (nSPS) is 9.79. The topological polar surface area (TPSA) is 88.9 Å². The lowest BCUT2D eigenvalue weighted by Crippen LogP contribution is -2.31. The number of ether oxygens (including phenoxy) is 3. The third-order valence-corrected chi connectivity index (χ3v) is 3.35. The van der Waals surface area contributed by atoms with Crippen LogP contribution in [0.4, 0.5) is 0 Å². The first-order valence-corrected chi connectivity index (χ1v) is 7.60. The van der Waals surface area contributed by atoms with Gasteiger partial charge in [0.15, 0.2) is 18.1 Å². The van der Waals surface area contributed by atoms with E-state index in [0.29, 0.717) is 18.1 Å². The smallest absolute Gasteiger partial charge is 0.338 e. The van der Waals surface area contributed by atoms with E-state index >= 15 is 0 Å². The lowest BCUT2D eigenvalue weighted by molar-refractivity contribution is -0.133. The standard InChI is InChI=1S/C16H19ClN2O5/c1-4-23-15-12(17)8-11(9-13(15)22-3)16(21)24-10-14(20)19(2)7-5-6-18/h8-9H,4-5,7,10H2,1-3H3. The number of hydrogen-bond acceptors (Lipinski definition) is 6. The number of benzene rings is 1. The Morgan fingerprint density at radius 1 is 1.38 bits per heavy atom. The molecule has 0 saturated heterocycles. The average molecular weight is 355 g/mol. The van der Waals surface area contributed by atoms with Gasteiger partial charge in [-0.25, -0.2) is 4.79 Å². The predicted molar refractivity (Wildman–Crippen MR) is 87.3 cm³/mol. The van der Waals surface area contributed by atoms with Crippen LogP contribution in [0.3, 0.4) is 0 Å². The van der Waals surface area contributed by atoms with E-state index in [1.54, 1.807) is 6.92 Å². The number of likely N-dealkylation sites (N-methyl/N-ethyl adjacent to an activating group) is 1. The van der Waals surface area contributed by atoms with Crippen LogP contribution >= 0.6 is 11.6 Å². The lowest BCUT2D eigenvalue weighted by Gasteiger charge is -2.16. The number of halogens is 1. The van der Waals surface area contributed by atoms with Gasteiger partial charge in [-0.1, -0.05) is 11.6 Å². The molecule has 0 atom stereocenters.